The van der Waals surface area contributed by atoms with Gasteiger partial charge in [0.1, 0.15) is 35.1 Å². The predicted octanol–water partition coefficient (Wildman–Crippen LogP) is 5.61. The van der Waals surface area contributed by atoms with E-state index < -0.39 is 53.2 Å². The Labute approximate surface area is 294 Å². The molecule has 3 unspecified atom stereocenters. The van der Waals surface area contributed by atoms with Crippen molar-refractivity contribution in [3.05, 3.63) is 101 Å². The lowest BCUT2D eigenvalue weighted by Gasteiger charge is -2.35. The summed E-state index contributed by atoms with van der Waals surface area (Å²) in [5.41, 5.74) is 0.897. The summed E-state index contributed by atoms with van der Waals surface area (Å²) in [5.74, 6) is 0.913. The maximum atomic E-state index is 14.7. The number of nitrogens with zero attached hydrogens (tertiary/aromatic N) is 1. The average molecular weight is 682 g/mol. The van der Waals surface area contributed by atoms with Gasteiger partial charge in [-0.3, -0.25) is 9.59 Å². The smallest absolute Gasteiger partial charge is 0.408 e. The summed E-state index contributed by atoms with van der Waals surface area (Å²) in [6.07, 6.45) is 6.31. The number of amides is 3. The Bertz CT molecular complexity index is 1680. The monoisotopic (exact) mass is 681 g/mol. The molecule has 1 aliphatic carbocycles. The zero-order valence-electron chi connectivity index (χ0n) is 29.6. The summed E-state index contributed by atoms with van der Waals surface area (Å²) >= 11 is 0. The molecule has 1 aliphatic rings. The SMILES string of the molecule is C#Cc1ccc(C(C(=O)NC(Cc2ccccc2)C(=O)OC(C)(C)C)N(C(=O)C(Cc2ccc(O)cc2)NC(=O)OC(C)(C)C)C2CC2)cc1. The first-order chi connectivity index (χ1) is 23.5. The molecule has 3 aromatic carbocycles. The lowest BCUT2D eigenvalue weighted by Crippen LogP contribution is -2.56. The molecule has 0 radical (unpaired) electrons. The van der Waals surface area contributed by atoms with Gasteiger partial charge in [-0.2, -0.15) is 0 Å². The van der Waals surface area contributed by atoms with Crippen molar-refractivity contribution in [2.24, 2.45) is 0 Å². The van der Waals surface area contributed by atoms with Crippen LogP contribution >= 0.6 is 0 Å². The molecule has 1 saturated carbocycles. The number of esters is 1. The van der Waals surface area contributed by atoms with Crippen molar-refractivity contribution in [1.82, 2.24) is 15.5 Å². The standard InChI is InChI=1S/C40H47N3O7/c1-8-26-14-18-29(19-15-26)34(35(45)41-33(37(47)49-39(2,3)4)25-27-12-10-9-11-13-27)43(30-20-21-30)36(46)32(42-38(48)50-40(5,6)7)24-28-16-22-31(44)23-17-28/h1,9-19,22-23,30,32-34,44H,20-21,24-25H2,2-7H3,(H,41,45)(H,42,48). The predicted molar refractivity (Wildman–Crippen MR) is 190 cm³/mol. The molecule has 0 spiro atoms. The first-order valence-electron chi connectivity index (χ1n) is 16.8. The van der Waals surface area contributed by atoms with Crippen LogP contribution in [0.2, 0.25) is 0 Å². The van der Waals surface area contributed by atoms with Crippen LogP contribution in [0.4, 0.5) is 4.79 Å². The fourth-order valence-electron chi connectivity index (χ4n) is 5.43. The van der Waals surface area contributed by atoms with E-state index in [0.29, 0.717) is 29.5 Å². The van der Waals surface area contributed by atoms with E-state index in [0.717, 1.165) is 5.56 Å². The number of benzene rings is 3. The fourth-order valence-corrected chi connectivity index (χ4v) is 5.43. The van der Waals surface area contributed by atoms with E-state index in [9.17, 15) is 24.3 Å². The quantitative estimate of drug-likeness (QED) is 0.167. The third kappa shape index (κ3) is 11.1. The molecule has 10 heteroatoms. The van der Waals surface area contributed by atoms with Crippen LogP contribution in [0, 0.1) is 12.3 Å². The molecule has 1 fully saturated rings. The number of terminal acetylenes is 1. The molecule has 4 rings (SSSR count). The van der Waals surface area contributed by atoms with Crippen LogP contribution in [-0.4, -0.2) is 63.2 Å². The normalized spacial score (nSPS) is 14.7. The Kier molecular flexibility index (Phi) is 12.0. The van der Waals surface area contributed by atoms with Crippen LogP contribution in [0.15, 0.2) is 78.9 Å². The van der Waals surface area contributed by atoms with E-state index in [4.69, 9.17) is 15.9 Å². The Morgan fingerprint density at radius 1 is 0.800 bits per heavy atom. The van der Waals surface area contributed by atoms with Crippen molar-refractivity contribution in [3.63, 3.8) is 0 Å². The molecule has 0 aliphatic heterocycles. The molecule has 3 aromatic rings. The summed E-state index contributed by atoms with van der Waals surface area (Å²) in [5, 5.41) is 15.5. The van der Waals surface area contributed by atoms with E-state index in [1.807, 2.05) is 30.3 Å². The van der Waals surface area contributed by atoms with E-state index in [1.165, 1.54) is 17.0 Å². The molecule has 10 nitrogen and oxygen atoms in total. The van der Waals surface area contributed by atoms with Gasteiger partial charge in [-0.1, -0.05) is 60.5 Å². The van der Waals surface area contributed by atoms with Crippen LogP contribution in [-0.2, 0) is 36.7 Å². The molecule has 50 heavy (non-hydrogen) atoms. The summed E-state index contributed by atoms with van der Waals surface area (Å²) in [4.78, 5) is 57.4. The molecular formula is C40H47N3O7. The Hall–Kier alpha value is -5.30. The second-order valence-electron chi connectivity index (χ2n) is 14.5. The topological polar surface area (TPSA) is 134 Å². The number of hydrogen-bond acceptors (Lipinski definition) is 7. The van der Waals surface area contributed by atoms with Gasteiger partial charge in [0.2, 0.25) is 11.8 Å². The van der Waals surface area contributed by atoms with Crippen molar-refractivity contribution >= 4 is 23.9 Å². The molecular weight excluding hydrogens is 634 g/mol. The van der Waals surface area contributed by atoms with Gasteiger partial charge >= 0.3 is 12.1 Å². The van der Waals surface area contributed by atoms with Crippen molar-refractivity contribution in [3.8, 4) is 18.1 Å². The molecule has 264 valence electrons. The van der Waals surface area contributed by atoms with Crippen molar-refractivity contribution in [2.45, 2.75) is 103 Å². The van der Waals surface area contributed by atoms with E-state index in [2.05, 4.69) is 16.6 Å². The Balaban J connectivity index is 1.75. The molecule has 3 N–H and O–H groups in total. The number of alkyl carbamates (subject to hydrolysis) is 1. The summed E-state index contributed by atoms with van der Waals surface area (Å²) < 4.78 is 11.2. The largest absolute Gasteiger partial charge is 0.508 e. The number of nitrogens with one attached hydrogen (secondary N) is 2. The maximum absolute atomic E-state index is 14.7. The lowest BCUT2D eigenvalue weighted by atomic mass is 9.98. The van der Waals surface area contributed by atoms with Crippen molar-refractivity contribution < 1.29 is 33.8 Å². The van der Waals surface area contributed by atoms with E-state index in [-0.39, 0.29) is 24.6 Å². The van der Waals surface area contributed by atoms with Gasteiger partial charge in [-0.15, -0.1) is 6.42 Å². The van der Waals surface area contributed by atoms with Crippen LogP contribution in [0.25, 0.3) is 0 Å². The Morgan fingerprint density at radius 3 is 1.90 bits per heavy atom. The number of phenols is 1. The van der Waals surface area contributed by atoms with Gasteiger partial charge in [-0.25, -0.2) is 9.59 Å². The zero-order chi connectivity index (χ0) is 36.6. The van der Waals surface area contributed by atoms with Gasteiger partial charge in [0, 0.05) is 24.4 Å². The first-order valence-corrected chi connectivity index (χ1v) is 16.8. The molecule has 3 amide bonds. The van der Waals surface area contributed by atoms with Gasteiger partial charge in [0.15, 0.2) is 0 Å². The minimum atomic E-state index is -1.19. The minimum Gasteiger partial charge on any atom is -0.508 e. The number of rotatable bonds is 12. The highest BCUT2D eigenvalue weighted by Gasteiger charge is 2.45. The fraction of sp³-hybridized carbons (Fsp3) is 0.400. The molecule has 0 heterocycles. The van der Waals surface area contributed by atoms with Gasteiger partial charge in [0.25, 0.3) is 0 Å². The molecule has 0 aromatic heterocycles. The van der Waals surface area contributed by atoms with Crippen molar-refractivity contribution in [1.29, 1.82) is 0 Å². The number of ether oxygens (including phenoxy) is 2. The van der Waals surface area contributed by atoms with E-state index >= 15 is 0 Å². The van der Waals surface area contributed by atoms with E-state index in [1.54, 1.807) is 77.9 Å². The second kappa shape index (κ2) is 15.9. The Morgan fingerprint density at radius 2 is 1.36 bits per heavy atom. The first kappa shape index (κ1) is 37.5. The minimum absolute atomic E-state index is 0.0542. The molecule has 0 saturated heterocycles. The highest BCUT2D eigenvalue weighted by molar-refractivity contribution is 5.94. The lowest BCUT2D eigenvalue weighted by molar-refractivity contribution is -0.159. The summed E-state index contributed by atoms with van der Waals surface area (Å²) in [7, 11) is 0. The third-order valence-electron chi connectivity index (χ3n) is 7.77. The van der Waals surface area contributed by atoms with Gasteiger partial charge < -0.3 is 30.1 Å². The summed E-state index contributed by atoms with van der Waals surface area (Å²) in [6, 6.07) is 18.6. The second-order valence-corrected chi connectivity index (χ2v) is 14.5. The average Bonchev–Trinajstić information content (AvgIpc) is 3.88. The molecule has 3 atom stereocenters. The summed E-state index contributed by atoms with van der Waals surface area (Å²) in [6.45, 7) is 10.4. The van der Waals surface area contributed by atoms with Crippen molar-refractivity contribution in [2.75, 3.05) is 0 Å². The highest BCUT2D eigenvalue weighted by atomic mass is 16.6. The molecule has 0 bridgehead atoms. The number of carbonyl (C=O) groups excluding carboxylic acids is 4. The highest BCUT2D eigenvalue weighted by Crippen LogP contribution is 2.36. The van der Waals surface area contributed by atoms with Gasteiger partial charge in [0.05, 0.1) is 0 Å². The van der Waals surface area contributed by atoms with Crippen LogP contribution in [0.5, 0.6) is 5.75 Å². The number of hydrogen-bond donors (Lipinski definition) is 3. The van der Waals surface area contributed by atoms with Crippen LogP contribution in [0.3, 0.4) is 0 Å². The maximum Gasteiger partial charge on any atom is 0.408 e. The third-order valence-corrected chi connectivity index (χ3v) is 7.77. The zero-order valence-corrected chi connectivity index (χ0v) is 29.6. The van der Waals surface area contributed by atoms with Crippen LogP contribution < -0.4 is 10.6 Å². The number of aromatic hydroxyl groups is 1. The number of phenolic OH excluding ortho intramolecular Hbond substituents is 1. The number of carbonyl (C=O) groups is 4. The van der Waals surface area contributed by atoms with Crippen LogP contribution in [0.1, 0.15) is 82.7 Å². The van der Waals surface area contributed by atoms with Gasteiger partial charge in [-0.05, 0) is 95.3 Å².